The van der Waals surface area contributed by atoms with Gasteiger partial charge in [-0.25, -0.2) is 0 Å². The Labute approximate surface area is 190 Å². The van der Waals surface area contributed by atoms with E-state index in [0.717, 1.165) is 32.5 Å². The predicted molar refractivity (Wildman–Crippen MR) is 124 cm³/mol. The molecule has 166 valence electrons. The lowest BCUT2D eigenvalue weighted by Crippen LogP contribution is -2.38. The van der Waals surface area contributed by atoms with Crippen LogP contribution in [0.4, 0.5) is 0 Å². The van der Waals surface area contributed by atoms with Gasteiger partial charge in [-0.1, -0.05) is 0 Å². The average molecular weight is 523 g/mol. The fraction of sp³-hybridized carbons (Fsp3) is 0.650. The third-order valence-electron chi connectivity index (χ3n) is 4.38. The second-order valence-corrected chi connectivity index (χ2v) is 6.52. The van der Waals surface area contributed by atoms with Crippen molar-refractivity contribution in [3.05, 3.63) is 23.8 Å². The van der Waals surface area contributed by atoms with Gasteiger partial charge in [0.2, 0.25) is 0 Å². The first-order valence-corrected chi connectivity index (χ1v) is 9.78. The van der Waals surface area contributed by atoms with E-state index >= 15 is 0 Å². The van der Waals surface area contributed by atoms with Gasteiger partial charge in [-0.2, -0.15) is 0 Å². The van der Waals surface area contributed by atoms with Gasteiger partial charge in [-0.15, -0.1) is 24.0 Å². The van der Waals surface area contributed by atoms with E-state index in [1.807, 2.05) is 6.92 Å². The third-order valence-corrected chi connectivity index (χ3v) is 4.38. The van der Waals surface area contributed by atoms with Crippen LogP contribution in [0.25, 0.3) is 0 Å². The van der Waals surface area contributed by atoms with Gasteiger partial charge in [0.1, 0.15) is 11.5 Å². The normalized spacial score (nSPS) is 17.4. The molecule has 1 fully saturated rings. The SMILES string of the molecule is CCNC(=NCC(O)c1cc(OC)cc(OC)c1)NCCCOC1CCOC1.I. The summed E-state index contributed by atoms with van der Waals surface area (Å²) in [4.78, 5) is 4.48. The number of nitrogens with zero attached hydrogens (tertiary/aromatic N) is 1. The van der Waals surface area contributed by atoms with Crippen LogP contribution in [0.15, 0.2) is 23.2 Å². The monoisotopic (exact) mass is 523 g/mol. The third kappa shape index (κ3) is 9.37. The molecule has 0 radical (unpaired) electrons. The summed E-state index contributed by atoms with van der Waals surface area (Å²) in [6.45, 7) is 5.89. The lowest BCUT2D eigenvalue weighted by molar-refractivity contribution is 0.0420. The number of aliphatic hydroxyl groups excluding tert-OH is 1. The molecule has 1 aliphatic heterocycles. The largest absolute Gasteiger partial charge is 0.497 e. The molecule has 1 aromatic rings. The number of aliphatic imine (C=N–C) groups is 1. The standard InChI is InChI=1S/C20H33N3O5.HI/c1-4-21-20(22-7-5-8-28-16-6-9-27-14-16)23-13-19(24)15-10-17(25-2)12-18(11-15)26-3;/h10-12,16,19,24H,4-9,13-14H2,1-3H3,(H2,21,22,23);1H. The molecule has 0 amide bonds. The van der Waals surface area contributed by atoms with Crippen molar-refractivity contribution in [2.45, 2.75) is 32.0 Å². The molecule has 2 unspecified atom stereocenters. The fourth-order valence-corrected chi connectivity index (χ4v) is 2.82. The van der Waals surface area contributed by atoms with Crippen LogP contribution in [0.1, 0.15) is 31.4 Å². The van der Waals surface area contributed by atoms with Crippen molar-refractivity contribution in [1.82, 2.24) is 10.6 Å². The number of benzene rings is 1. The number of nitrogens with one attached hydrogen (secondary N) is 2. The number of hydrogen-bond donors (Lipinski definition) is 3. The molecule has 1 aromatic carbocycles. The number of guanidine groups is 1. The van der Waals surface area contributed by atoms with E-state index in [1.165, 1.54) is 0 Å². The van der Waals surface area contributed by atoms with Crippen molar-refractivity contribution in [3.63, 3.8) is 0 Å². The number of hydrogen-bond acceptors (Lipinski definition) is 6. The first-order chi connectivity index (χ1) is 13.7. The highest BCUT2D eigenvalue weighted by Crippen LogP contribution is 2.26. The van der Waals surface area contributed by atoms with Crippen molar-refractivity contribution in [2.75, 3.05) is 53.7 Å². The molecule has 2 rings (SSSR count). The Morgan fingerprint density at radius 3 is 2.55 bits per heavy atom. The zero-order valence-electron chi connectivity index (χ0n) is 17.5. The van der Waals surface area contributed by atoms with Crippen LogP contribution in [0, 0.1) is 0 Å². The van der Waals surface area contributed by atoms with Crippen LogP contribution < -0.4 is 20.1 Å². The first-order valence-electron chi connectivity index (χ1n) is 9.78. The predicted octanol–water partition coefficient (Wildman–Crippen LogP) is 2.11. The van der Waals surface area contributed by atoms with Crippen molar-refractivity contribution in [3.8, 4) is 11.5 Å². The highest BCUT2D eigenvalue weighted by Gasteiger charge is 2.15. The Kier molecular flexibility index (Phi) is 13.0. The van der Waals surface area contributed by atoms with Crippen molar-refractivity contribution in [1.29, 1.82) is 0 Å². The van der Waals surface area contributed by atoms with E-state index in [0.29, 0.717) is 36.2 Å². The number of halogens is 1. The molecule has 3 N–H and O–H groups in total. The van der Waals surface area contributed by atoms with Gasteiger partial charge in [-0.3, -0.25) is 4.99 Å². The minimum atomic E-state index is -0.759. The maximum atomic E-state index is 10.5. The maximum Gasteiger partial charge on any atom is 0.191 e. The molecule has 9 heteroatoms. The minimum absolute atomic E-state index is 0. The molecule has 1 aliphatic rings. The highest BCUT2D eigenvalue weighted by molar-refractivity contribution is 14.0. The fourth-order valence-electron chi connectivity index (χ4n) is 2.82. The summed E-state index contributed by atoms with van der Waals surface area (Å²) in [6, 6.07) is 5.34. The quantitative estimate of drug-likeness (QED) is 0.177. The number of ether oxygens (including phenoxy) is 4. The summed E-state index contributed by atoms with van der Waals surface area (Å²) >= 11 is 0. The van der Waals surface area contributed by atoms with Gasteiger partial charge in [0.25, 0.3) is 0 Å². The average Bonchev–Trinajstić information content (AvgIpc) is 3.24. The van der Waals surface area contributed by atoms with E-state index in [9.17, 15) is 5.11 Å². The summed E-state index contributed by atoms with van der Waals surface area (Å²) in [5.41, 5.74) is 0.697. The molecule has 0 aliphatic carbocycles. The molecular formula is C20H34IN3O5. The highest BCUT2D eigenvalue weighted by atomic mass is 127. The summed E-state index contributed by atoms with van der Waals surface area (Å²) in [6.07, 6.45) is 1.32. The number of methoxy groups -OCH3 is 2. The van der Waals surface area contributed by atoms with Crippen molar-refractivity contribution < 1.29 is 24.1 Å². The van der Waals surface area contributed by atoms with Gasteiger partial charge in [0, 0.05) is 32.4 Å². The van der Waals surface area contributed by atoms with Crippen LogP contribution >= 0.6 is 24.0 Å². The Morgan fingerprint density at radius 1 is 1.24 bits per heavy atom. The molecular weight excluding hydrogens is 489 g/mol. The van der Waals surface area contributed by atoms with Crippen LogP contribution in [0.5, 0.6) is 11.5 Å². The molecule has 0 spiro atoms. The first kappa shape index (κ1) is 25.7. The van der Waals surface area contributed by atoms with E-state index < -0.39 is 6.10 Å². The molecule has 29 heavy (non-hydrogen) atoms. The van der Waals surface area contributed by atoms with E-state index in [1.54, 1.807) is 32.4 Å². The van der Waals surface area contributed by atoms with Crippen LogP contribution in [-0.2, 0) is 9.47 Å². The number of aliphatic hydroxyl groups is 1. The molecule has 8 nitrogen and oxygen atoms in total. The Hall–Kier alpha value is -1.30. The van der Waals surface area contributed by atoms with E-state index in [2.05, 4.69) is 15.6 Å². The van der Waals surface area contributed by atoms with Crippen LogP contribution in [0.3, 0.4) is 0 Å². The van der Waals surface area contributed by atoms with Crippen molar-refractivity contribution >= 4 is 29.9 Å². The summed E-state index contributed by atoms with van der Waals surface area (Å²) in [5, 5.41) is 17.0. The second kappa shape index (κ2) is 14.6. The van der Waals surface area contributed by atoms with Gasteiger partial charge >= 0.3 is 0 Å². The smallest absolute Gasteiger partial charge is 0.191 e. The molecule has 0 saturated carbocycles. The Balaban J connectivity index is 0.00000420. The summed E-state index contributed by atoms with van der Waals surface area (Å²) in [5.74, 6) is 1.94. The Bertz CT molecular complexity index is 590. The van der Waals surface area contributed by atoms with Crippen molar-refractivity contribution in [2.24, 2.45) is 4.99 Å². The maximum absolute atomic E-state index is 10.5. The minimum Gasteiger partial charge on any atom is -0.497 e. The molecule has 0 bridgehead atoms. The van der Waals surface area contributed by atoms with Crippen LogP contribution in [0.2, 0.25) is 0 Å². The zero-order chi connectivity index (χ0) is 20.2. The van der Waals surface area contributed by atoms with Gasteiger partial charge < -0.3 is 34.7 Å². The molecule has 0 aromatic heterocycles. The lowest BCUT2D eigenvalue weighted by Gasteiger charge is -2.15. The number of rotatable bonds is 11. The topological polar surface area (TPSA) is 93.6 Å². The summed E-state index contributed by atoms with van der Waals surface area (Å²) in [7, 11) is 3.17. The molecule has 1 heterocycles. The molecule has 1 saturated heterocycles. The van der Waals surface area contributed by atoms with Gasteiger partial charge in [0.15, 0.2) is 5.96 Å². The van der Waals surface area contributed by atoms with E-state index in [4.69, 9.17) is 18.9 Å². The Morgan fingerprint density at radius 2 is 1.97 bits per heavy atom. The van der Waals surface area contributed by atoms with Gasteiger partial charge in [-0.05, 0) is 37.5 Å². The van der Waals surface area contributed by atoms with Crippen LogP contribution in [-0.4, -0.2) is 70.8 Å². The summed E-state index contributed by atoms with van der Waals surface area (Å²) < 4.78 is 21.6. The molecule has 2 atom stereocenters. The van der Waals surface area contributed by atoms with E-state index in [-0.39, 0.29) is 36.6 Å². The second-order valence-electron chi connectivity index (χ2n) is 6.52. The van der Waals surface area contributed by atoms with Gasteiger partial charge in [0.05, 0.1) is 39.6 Å². The zero-order valence-corrected chi connectivity index (χ0v) is 19.8. The lowest BCUT2D eigenvalue weighted by atomic mass is 10.1.